The van der Waals surface area contributed by atoms with Gasteiger partial charge in [-0.3, -0.25) is 0 Å². The molecule has 0 aromatic heterocycles. The minimum atomic E-state index is -3.11. The molecule has 0 heterocycles. The molecular weight excluding hydrogens is 210 g/mol. The molecule has 0 aliphatic carbocycles. The van der Waals surface area contributed by atoms with E-state index in [1.807, 2.05) is 18.2 Å². The van der Waals surface area contributed by atoms with E-state index in [1.165, 1.54) is 11.8 Å². The topological polar surface area (TPSA) is 46.2 Å². The fourth-order valence-electron chi connectivity index (χ4n) is 1.28. The van der Waals surface area contributed by atoms with Gasteiger partial charge in [0.15, 0.2) is 0 Å². The highest BCUT2D eigenvalue weighted by Gasteiger charge is 2.03. The van der Waals surface area contributed by atoms with Crippen LogP contribution in [0.1, 0.15) is 30.9 Å². The smallest absolute Gasteiger partial charge is 0.209 e. The van der Waals surface area contributed by atoms with E-state index in [2.05, 4.69) is 24.6 Å². The van der Waals surface area contributed by atoms with Crippen LogP contribution in [0.3, 0.4) is 0 Å². The van der Waals surface area contributed by atoms with Crippen molar-refractivity contribution in [3.8, 4) is 0 Å². The molecule has 0 saturated heterocycles. The van der Waals surface area contributed by atoms with Crippen LogP contribution < -0.4 is 4.72 Å². The van der Waals surface area contributed by atoms with Gasteiger partial charge in [0, 0.05) is 6.54 Å². The molecule has 0 spiro atoms. The number of nitrogens with one attached hydrogen (secondary N) is 1. The maximum Gasteiger partial charge on any atom is 0.209 e. The fraction of sp³-hybridized carbons (Fsp3) is 0.455. The number of sulfonamides is 1. The summed E-state index contributed by atoms with van der Waals surface area (Å²) < 4.78 is 24.3. The first-order chi connectivity index (χ1) is 6.88. The molecule has 0 bridgehead atoms. The molecule has 0 aliphatic heterocycles. The Balaban J connectivity index is 2.74. The summed E-state index contributed by atoms with van der Waals surface area (Å²) in [7, 11) is -3.11. The first-order valence-corrected chi connectivity index (χ1v) is 6.81. The summed E-state index contributed by atoms with van der Waals surface area (Å²) in [6.45, 7) is 4.59. The van der Waals surface area contributed by atoms with Crippen molar-refractivity contribution in [2.24, 2.45) is 0 Å². The second-order valence-corrected chi connectivity index (χ2v) is 5.83. The monoisotopic (exact) mass is 227 g/mol. The zero-order chi connectivity index (χ0) is 11.5. The standard InChI is InChI=1S/C11H17NO2S/c1-9(2)11-6-4-5-10(7-11)8-12-15(3,13)14/h4-7,9,12H,8H2,1-3H3. The minimum Gasteiger partial charge on any atom is -0.213 e. The van der Waals surface area contributed by atoms with Gasteiger partial charge in [0.25, 0.3) is 0 Å². The van der Waals surface area contributed by atoms with Crippen LogP contribution in [0, 0.1) is 0 Å². The van der Waals surface area contributed by atoms with Crippen molar-refractivity contribution in [2.45, 2.75) is 26.3 Å². The lowest BCUT2D eigenvalue weighted by Gasteiger charge is -2.08. The number of benzene rings is 1. The van der Waals surface area contributed by atoms with Gasteiger partial charge >= 0.3 is 0 Å². The van der Waals surface area contributed by atoms with Crippen LogP contribution >= 0.6 is 0 Å². The van der Waals surface area contributed by atoms with Crippen LogP contribution in [0.25, 0.3) is 0 Å². The predicted molar refractivity (Wildman–Crippen MR) is 62.2 cm³/mol. The average molecular weight is 227 g/mol. The van der Waals surface area contributed by atoms with E-state index >= 15 is 0 Å². The van der Waals surface area contributed by atoms with Gasteiger partial charge in [0.1, 0.15) is 0 Å². The Hall–Kier alpha value is -0.870. The van der Waals surface area contributed by atoms with Crippen molar-refractivity contribution in [1.29, 1.82) is 0 Å². The van der Waals surface area contributed by atoms with Crippen molar-refractivity contribution in [2.75, 3.05) is 6.26 Å². The SMILES string of the molecule is CC(C)c1cccc(CNS(C)(=O)=O)c1. The highest BCUT2D eigenvalue weighted by molar-refractivity contribution is 7.88. The highest BCUT2D eigenvalue weighted by atomic mass is 32.2. The van der Waals surface area contributed by atoms with Crippen LogP contribution in [-0.4, -0.2) is 14.7 Å². The van der Waals surface area contributed by atoms with E-state index in [-0.39, 0.29) is 0 Å². The number of hydrogen-bond donors (Lipinski definition) is 1. The Morgan fingerprint density at radius 3 is 2.53 bits per heavy atom. The molecule has 1 N–H and O–H groups in total. The van der Waals surface area contributed by atoms with E-state index in [0.717, 1.165) is 5.56 Å². The first-order valence-electron chi connectivity index (χ1n) is 4.92. The molecule has 4 heteroatoms. The summed E-state index contributed by atoms with van der Waals surface area (Å²) in [5.74, 6) is 0.461. The van der Waals surface area contributed by atoms with E-state index in [0.29, 0.717) is 12.5 Å². The highest BCUT2D eigenvalue weighted by Crippen LogP contribution is 2.15. The molecule has 0 fully saturated rings. The third kappa shape index (κ3) is 4.44. The van der Waals surface area contributed by atoms with Gasteiger partial charge < -0.3 is 0 Å². The molecule has 1 aromatic rings. The van der Waals surface area contributed by atoms with Crippen LogP contribution in [-0.2, 0) is 16.6 Å². The predicted octanol–water partition coefficient (Wildman–Crippen LogP) is 1.86. The maximum atomic E-state index is 10.9. The van der Waals surface area contributed by atoms with E-state index in [4.69, 9.17) is 0 Å². The minimum absolute atomic E-state index is 0.361. The van der Waals surface area contributed by atoms with Gasteiger partial charge in [0.05, 0.1) is 6.26 Å². The molecule has 84 valence electrons. The molecular formula is C11H17NO2S. The third-order valence-corrected chi connectivity index (χ3v) is 2.82. The molecule has 0 saturated carbocycles. The van der Waals surface area contributed by atoms with Crippen molar-refractivity contribution in [3.63, 3.8) is 0 Å². The zero-order valence-corrected chi connectivity index (χ0v) is 10.1. The Labute approximate surface area is 91.6 Å². The third-order valence-electron chi connectivity index (χ3n) is 2.16. The molecule has 15 heavy (non-hydrogen) atoms. The Morgan fingerprint density at radius 2 is 2.00 bits per heavy atom. The Bertz CT molecular complexity index is 424. The Kier molecular flexibility index (Phi) is 3.88. The summed E-state index contributed by atoms with van der Waals surface area (Å²) in [4.78, 5) is 0. The van der Waals surface area contributed by atoms with Gasteiger partial charge in [-0.15, -0.1) is 0 Å². The molecule has 1 rings (SSSR count). The van der Waals surface area contributed by atoms with Gasteiger partial charge in [-0.1, -0.05) is 38.1 Å². The van der Waals surface area contributed by atoms with E-state index in [9.17, 15) is 8.42 Å². The quantitative estimate of drug-likeness (QED) is 0.853. The summed E-state index contributed by atoms with van der Waals surface area (Å²) in [5, 5.41) is 0. The molecule has 3 nitrogen and oxygen atoms in total. The molecule has 0 aliphatic rings. The molecule has 0 atom stereocenters. The van der Waals surface area contributed by atoms with Crippen molar-refractivity contribution < 1.29 is 8.42 Å². The lowest BCUT2D eigenvalue weighted by molar-refractivity contribution is 0.587. The van der Waals surface area contributed by atoms with Crippen LogP contribution in [0.5, 0.6) is 0 Å². The summed E-state index contributed by atoms with van der Waals surface area (Å²) in [6, 6.07) is 7.95. The maximum absolute atomic E-state index is 10.9. The van der Waals surface area contributed by atoms with Crippen LogP contribution in [0.4, 0.5) is 0 Å². The lowest BCUT2D eigenvalue weighted by Crippen LogP contribution is -2.21. The van der Waals surface area contributed by atoms with E-state index < -0.39 is 10.0 Å². The zero-order valence-electron chi connectivity index (χ0n) is 9.32. The van der Waals surface area contributed by atoms with Crippen molar-refractivity contribution >= 4 is 10.0 Å². The molecule has 1 aromatic carbocycles. The normalized spacial score (nSPS) is 12.0. The van der Waals surface area contributed by atoms with Gasteiger partial charge in [-0.25, -0.2) is 13.1 Å². The van der Waals surface area contributed by atoms with Gasteiger partial charge in [-0.2, -0.15) is 0 Å². The van der Waals surface area contributed by atoms with E-state index in [1.54, 1.807) is 0 Å². The fourth-order valence-corrected chi connectivity index (χ4v) is 1.71. The first kappa shape index (κ1) is 12.2. The summed E-state index contributed by atoms with van der Waals surface area (Å²) >= 11 is 0. The van der Waals surface area contributed by atoms with Crippen LogP contribution in [0.15, 0.2) is 24.3 Å². The second-order valence-electron chi connectivity index (χ2n) is 3.99. The van der Waals surface area contributed by atoms with Crippen molar-refractivity contribution in [1.82, 2.24) is 4.72 Å². The molecule has 0 unspecified atom stereocenters. The number of rotatable bonds is 4. The Morgan fingerprint density at radius 1 is 1.33 bits per heavy atom. The van der Waals surface area contributed by atoms with Crippen LogP contribution in [0.2, 0.25) is 0 Å². The largest absolute Gasteiger partial charge is 0.213 e. The second kappa shape index (κ2) is 4.77. The summed E-state index contributed by atoms with van der Waals surface area (Å²) in [6.07, 6.45) is 1.17. The molecule has 0 radical (unpaired) electrons. The molecule has 0 amide bonds. The van der Waals surface area contributed by atoms with Gasteiger partial charge in [-0.05, 0) is 17.0 Å². The number of hydrogen-bond acceptors (Lipinski definition) is 2. The van der Waals surface area contributed by atoms with Crippen molar-refractivity contribution in [3.05, 3.63) is 35.4 Å². The summed E-state index contributed by atoms with van der Waals surface area (Å²) in [5.41, 5.74) is 2.22. The lowest BCUT2D eigenvalue weighted by atomic mass is 10.0. The van der Waals surface area contributed by atoms with Gasteiger partial charge in [0.2, 0.25) is 10.0 Å². The average Bonchev–Trinajstić information content (AvgIpc) is 2.14.